The number of imidazole rings is 1. The molecule has 1 heterocycles. The van der Waals surface area contributed by atoms with E-state index in [2.05, 4.69) is 32.3 Å². The zero-order valence-electron chi connectivity index (χ0n) is 6.60. The lowest BCUT2D eigenvalue weighted by molar-refractivity contribution is -0.138. The Morgan fingerprint density at radius 3 is 3.15 bits per heavy atom. The molecule has 68 valence electrons. The molecule has 5 nitrogen and oxygen atoms in total. The summed E-state index contributed by atoms with van der Waals surface area (Å²) in [6, 6.07) is -0.877. The van der Waals surface area contributed by atoms with E-state index in [4.69, 9.17) is 5.11 Å². The molecule has 13 heavy (non-hydrogen) atoms. The maximum absolute atomic E-state index is 10.6. The van der Waals surface area contributed by atoms with E-state index in [-0.39, 0.29) is 6.42 Å². The summed E-state index contributed by atoms with van der Waals surface area (Å²) >= 11 is 4.34. The van der Waals surface area contributed by atoms with Crippen molar-refractivity contribution in [2.45, 2.75) is 12.5 Å². The summed E-state index contributed by atoms with van der Waals surface area (Å²) in [6.07, 6.45) is 3.28. The van der Waals surface area contributed by atoms with Gasteiger partial charge in [0.15, 0.2) is 6.04 Å². The number of rotatable bonds is 4. The molecule has 1 rings (SSSR count). The Labute approximate surface area is 79.5 Å². The monoisotopic (exact) mass is 197 g/mol. The van der Waals surface area contributed by atoms with Crippen LogP contribution in [0.2, 0.25) is 0 Å². The van der Waals surface area contributed by atoms with E-state index in [1.165, 1.54) is 6.33 Å². The van der Waals surface area contributed by atoms with Crippen molar-refractivity contribution < 1.29 is 9.90 Å². The number of carbonyl (C=O) groups is 1. The minimum atomic E-state index is -1.02. The van der Waals surface area contributed by atoms with Crippen LogP contribution in [0.4, 0.5) is 0 Å². The summed E-state index contributed by atoms with van der Waals surface area (Å²) in [5, 5.41) is 10.7. The number of hydrogen-bond acceptors (Lipinski definition) is 4. The van der Waals surface area contributed by atoms with Crippen LogP contribution >= 0.6 is 12.2 Å². The third-order valence-electron chi connectivity index (χ3n) is 1.46. The van der Waals surface area contributed by atoms with Crippen molar-refractivity contribution in [1.29, 1.82) is 0 Å². The second-order valence-electron chi connectivity index (χ2n) is 2.36. The zero-order valence-corrected chi connectivity index (χ0v) is 7.41. The molecule has 0 fully saturated rings. The van der Waals surface area contributed by atoms with Gasteiger partial charge in [-0.3, -0.25) is 0 Å². The van der Waals surface area contributed by atoms with Gasteiger partial charge in [-0.1, -0.05) is 0 Å². The van der Waals surface area contributed by atoms with Crippen molar-refractivity contribution in [3.8, 4) is 0 Å². The number of carboxylic acids is 1. The number of carboxylic acid groups (broad SMARTS) is 1. The van der Waals surface area contributed by atoms with E-state index in [9.17, 15) is 4.79 Å². The molecule has 2 N–H and O–H groups in total. The molecule has 0 saturated carbocycles. The normalized spacial score (nSPS) is 11.7. The molecule has 0 aliphatic carbocycles. The molecule has 0 radical (unpaired) electrons. The minimum absolute atomic E-state index is 0.249. The van der Waals surface area contributed by atoms with Crippen LogP contribution in [0.25, 0.3) is 0 Å². The summed E-state index contributed by atoms with van der Waals surface area (Å²) in [4.78, 5) is 20.7. The van der Waals surface area contributed by atoms with Gasteiger partial charge in [-0.25, -0.2) is 14.8 Å². The van der Waals surface area contributed by atoms with Crippen LogP contribution in [0.5, 0.6) is 0 Å². The van der Waals surface area contributed by atoms with E-state index >= 15 is 0 Å². The second-order valence-corrected chi connectivity index (χ2v) is 2.54. The molecule has 0 aliphatic heterocycles. The van der Waals surface area contributed by atoms with E-state index in [1.54, 1.807) is 6.20 Å². The molecule has 1 unspecified atom stereocenters. The first-order valence-electron chi connectivity index (χ1n) is 3.51. The highest BCUT2D eigenvalue weighted by atomic mass is 32.1. The maximum Gasteiger partial charge on any atom is 0.329 e. The lowest BCUT2D eigenvalue weighted by atomic mass is 10.2. The highest BCUT2D eigenvalue weighted by Gasteiger charge is 2.16. The number of nitrogens with one attached hydrogen (secondary N) is 1. The SMILES string of the molecule is O=C(O)C(Cc1cnc[nH]1)N=C=S. The van der Waals surface area contributed by atoms with Gasteiger partial charge in [-0.2, -0.15) is 0 Å². The Bertz CT molecular complexity index is 328. The van der Waals surface area contributed by atoms with Crippen LogP contribution in [0.1, 0.15) is 5.69 Å². The van der Waals surface area contributed by atoms with Crippen LogP contribution in [0.3, 0.4) is 0 Å². The van der Waals surface area contributed by atoms with Gasteiger partial charge in [0.05, 0.1) is 11.5 Å². The molecule has 1 atom stereocenters. The summed E-state index contributed by atoms with van der Waals surface area (Å²) in [6.45, 7) is 0. The molecule has 0 amide bonds. The molecule has 1 aromatic heterocycles. The number of aliphatic imine (C=N–C) groups is 1. The first-order valence-corrected chi connectivity index (χ1v) is 3.92. The Morgan fingerprint density at radius 2 is 2.69 bits per heavy atom. The van der Waals surface area contributed by atoms with Crippen molar-refractivity contribution in [3.63, 3.8) is 0 Å². The predicted octanol–water partition coefficient (Wildman–Crippen LogP) is 0.508. The Morgan fingerprint density at radius 1 is 1.92 bits per heavy atom. The topological polar surface area (TPSA) is 78.3 Å². The van der Waals surface area contributed by atoms with E-state index in [0.717, 1.165) is 0 Å². The molecule has 6 heteroatoms. The molecular formula is C7H7N3O2S. The number of isothiocyanates is 1. The first-order chi connectivity index (χ1) is 6.24. The predicted molar refractivity (Wildman–Crippen MR) is 48.7 cm³/mol. The quantitative estimate of drug-likeness (QED) is 0.544. The fourth-order valence-corrected chi connectivity index (χ4v) is 0.984. The van der Waals surface area contributed by atoms with E-state index in [0.29, 0.717) is 5.69 Å². The van der Waals surface area contributed by atoms with Crippen LogP contribution in [-0.4, -0.2) is 32.2 Å². The van der Waals surface area contributed by atoms with Crippen LogP contribution in [0, 0.1) is 0 Å². The first kappa shape index (κ1) is 9.57. The maximum atomic E-state index is 10.6. The van der Waals surface area contributed by atoms with Gasteiger partial charge in [0.2, 0.25) is 0 Å². The van der Waals surface area contributed by atoms with Gasteiger partial charge in [0, 0.05) is 18.3 Å². The molecule has 0 bridgehead atoms. The number of aliphatic carboxylic acids is 1. The van der Waals surface area contributed by atoms with Crippen molar-refractivity contribution in [2.75, 3.05) is 0 Å². The van der Waals surface area contributed by atoms with Crippen LogP contribution in [0.15, 0.2) is 17.5 Å². The molecule has 0 saturated heterocycles. The lowest BCUT2D eigenvalue weighted by Gasteiger charge is -2.02. The average Bonchev–Trinajstić information content (AvgIpc) is 2.56. The number of hydrogen-bond donors (Lipinski definition) is 2. The average molecular weight is 197 g/mol. The largest absolute Gasteiger partial charge is 0.480 e. The molecule has 0 aromatic carbocycles. The molecule has 0 spiro atoms. The van der Waals surface area contributed by atoms with Crippen molar-refractivity contribution in [1.82, 2.24) is 9.97 Å². The summed E-state index contributed by atoms with van der Waals surface area (Å²) in [7, 11) is 0. The van der Waals surface area contributed by atoms with Gasteiger partial charge < -0.3 is 10.1 Å². The summed E-state index contributed by atoms with van der Waals surface area (Å²) in [5.74, 6) is -1.02. The number of nitrogens with zero attached hydrogens (tertiary/aromatic N) is 2. The van der Waals surface area contributed by atoms with Gasteiger partial charge in [0.25, 0.3) is 0 Å². The summed E-state index contributed by atoms with van der Waals surface area (Å²) in [5.41, 5.74) is 0.710. The molecule has 0 aliphatic rings. The number of aromatic nitrogens is 2. The standard InChI is InChI=1S/C7H7N3O2S/c11-7(12)6(10-4-13)1-5-2-8-3-9-5/h2-3,6H,1H2,(H,8,9)(H,11,12). The van der Waals surface area contributed by atoms with Gasteiger partial charge in [-0.05, 0) is 12.2 Å². The zero-order chi connectivity index (χ0) is 9.68. The fourth-order valence-electron chi connectivity index (χ4n) is 0.856. The highest BCUT2D eigenvalue weighted by molar-refractivity contribution is 7.78. The Hall–Kier alpha value is -1.52. The Balaban J connectivity index is 2.68. The second kappa shape index (κ2) is 4.49. The lowest BCUT2D eigenvalue weighted by Crippen LogP contribution is -2.20. The molecular weight excluding hydrogens is 190 g/mol. The van der Waals surface area contributed by atoms with E-state index in [1.807, 2.05) is 0 Å². The van der Waals surface area contributed by atoms with Crippen molar-refractivity contribution in [2.24, 2.45) is 4.99 Å². The van der Waals surface area contributed by atoms with Gasteiger partial charge >= 0.3 is 5.97 Å². The third kappa shape index (κ3) is 2.77. The fraction of sp³-hybridized carbons (Fsp3) is 0.286. The third-order valence-corrected chi connectivity index (χ3v) is 1.57. The number of H-pyrrole nitrogens is 1. The van der Waals surface area contributed by atoms with Crippen molar-refractivity contribution in [3.05, 3.63) is 18.2 Å². The number of thiocarbonyl (C=S) groups is 1. The van der Waals surface area contributed by atoms with Gasteiger partial charge in [0.1, 0.15) is 0 Å². The minimum Gasteiger partial charge on any atom is -0.480 e. The van der Waals surface area contributed by atoms with Crippen molar-refractivity contribution >= 4 is 23.3 Å². The number of aromatic amines is 1. The summed E-state index contributed by atoms with van der Waals surface area (Å²) < 4.78 is 0. The Kier molecular flexibility index (Phi) is 3.31. The highest BCUT2D eigenvalue weighted by Crippen LogP contribution is 2.01. The molecule has 1 aromatic rings. The van der Waals surface area contributed by atoms with Gasteiger partial charge in [-0.15, -0.1) is 0 Å². The smallest absolute Gasteiger partial charge is 0.329 e. The van der Waals surface area contributed by atoms with Crippen LogP contribution in [-0.2, 0) is 11.2 Å². The van der Waals surface area contributed by atoms with E-state index < -0.39 is 12.0 Å². The van der Waals surface area contributed by atoms with Crippen LogP contribution < -0.4 is 0 Å².